The van der Waals surface area contributed by atoms with Crippen LogP contribution in [0.2, 0.25) is 0 Å². The van der Waals surface area contributed by atoms with E-state index in [0.29, 0.717) is 11.5 Å². The fraction of sp³-hybridized carbons (Fsp3) is 0.643. The lowest BCUT2D eigenvalue weighted by Gasteiger charge is -2.23. The first-order valence-electron chi connectivity index (χ1n) is 6.86. The maximum absolute atomic E-state index is 11.6. The van der Waals surface area contributed by atoms with E-state index in [1.807, 2.05) is 6.07 Å². The molecule has 4 nitrogen and oxygen atoms in total. The highest BCUT2D eigenvalue weighted by atomic mass is 32.2. The summed E-state index contributed by atoms with van der Waals surface area (Å²) < 4.78 is 23.3. The van der Waals surface area contributed by atoms with Gasteiger partial charge in [-0.1, -0.05) is 13.0 Å². The zero-order valence-electron chi connectivity index (χ0n) is 11.6. The van der Waals surface area contributed by atoms with Crippen LogP contribution in [-0.2, 0) is 16.3 Å². The van der Waals surface area contributed by atoms with Crippen LogP contribution in [0.5, 0.6) is 0 Å². The summed E-state index contributed by atoms with van der Waals surface area (Å²) in [5.41, 5.74) is 2.24. The molecule has 2 rings (SSSR count). The van der Waals surface area contributed by atoms with Gasteiger partial charge in [-0.05, 0) is 37.4 Å². The number of hydrogen-bond acceptors (Lipinski definition) is 4. The predicted molar refractivity (Wildman–Crippen MR) is 76.9 cm³/mol. The van der Waals surface area contributed by atoms with Crippen molar-refractivity contribution in [3.05, 3.63) is 29.6 Å². The first-order valence-corrected chi connectivity index (χ1v) is 8.68. The Bertz CT molecular complexity index is 528. The summed E-state index contributed by atoms with van der Waals surface area (Å²) in [5, 5.41) is 3.43. The second-order valence-corrected chi connectivity index (χ2v) is 7.53. The van der Waals surface area contributed by atoms with Crippen LogP contribution in [0.25, 0.3) is 0 Å². The molecule has 1 aliphatic heterocycles. The van der Waals surface area contributed by atoms with E-state index >= 15 is 0 Å². The third-order valence-electron chi connectivity index (χ3n) is 3.83. The third-order valence-corrected chi connectivity index (χ3v) is 5.63. The number of pyridine rings is 1. The molecule has 5 heteroatoms. The van der Waals surface area contributed by atoms with Gasteiger partial charge in [0.1, 0.15) is 0 Å². The van der Waals surface area contributed by atoms with Gasteiger partial charge in [0.15, 0.2) is 9.84 Å². The zero-order valence-corrected chi connectivity index (χ0v) is 12.4. The minimum atomic E-state index is -2.82. The first kappa shape index (κ1) is 14.5. The van der Waals surface area contributed by atoms with Gasteiger partial charge in [0.2, 0.25) is 0 Å². The highest BCUT2D eigenvalue weighted by molar-refractivity contribution is 7.91. The van der Waals surface area contributed by atoms with Crippen molar-refractivity contribution in [3.63, 3.8) is 0 Å². The van der Waals surface area contributed by atoms with Crippen LogP contribution in [0.3, 0.4) is 0 Å². The van der Waals surface area contributed by atoms with E-state index in [9.17, 15) is 8.42 Å². The maximum Gasteiger partial charge on any atom is 0.150 e. The molecule has 1 N–H and O–H groups in total. The van der Waals surface area contributed by atoms with Crippen molar-refractivity contribution in [2.75, 3.05) is 18.1 Å². The molecule has 19 heavy (non-hydrogen) atoms. The Morgan fingerprint density at radius 2 is 2.32 bits per heavy atom. The lowest BCUT2D eigenvalue weighted by Crippen LogP contribution is -2.39. The number of nitrogens with one attached hydrogen (secondary N) is 1. The summed E-state index contributed by atoms with van der Waals surface area (Å²) in [6, 6.07) is 4.19. The minimum absolute atomic E-state index is 0.205. The average Bonchev–Trinajstić information content (AvgIpc) is 2.72. The Balaban J connectivity index is 2.11. The molecule has 1 aliphatic rings. The number of aromatic nitrogens is 1. The van der Waals surface area contributed by atoms with Gasteiger partial charge in [-0.3, -0.25) is 4.98 Å². The number of nitrogens with zero attached hydrogens (tertiary/aromatic N) is 1. The van der Waals surface area contributed by atoms with Crippen molar-refractivity contribution in [3.8, 4) is 0 Å². The molecule has 0 bridgehead atoms. The standard InChI is InChI=1S/C14H22N2O2S/c1-3-15-14(12-6-8-19(17,18)10-12)9-13-11(2)5-4-7-16-13/h4-5,7,12,14-15H,3,6,8-10H2,1-2H3. The van der Waals surface area contributed by atoms with Crippen LogP contribution in [0.4, 0.5) is 0 Å². The largest absolute Gasteiger partial charge is 0.314 e. The van der Waals surface area contributed by atoms with E-state index in [0.717, 1.165) is 25.1 Å². The van der Waals surface area contributed by atoms with Crippen molar-refractivity contribution in [2.45, 2.75) is 32.7 Å². The number of sulfone groups is 1. The lowest BCUT2D eigenvalue weighted by atomic mass is 9.93. The first-order chi connectivity index (χ1) is 9.02. The third kappa shape index (κ3) is 3.76. The SMILES string of the molecule is CCNC(Cc1ncccc1C)C1CCS(=O)(=O)C1. The summed E-state index contributed by atoms with van der Waals surface area (Å²) in [5.74, 6) is 0.864. The van der Waals surface area contributed by atoms with E-state index < -0.39 is 9.84 Å². The fourth-order valence-corrected chi connectivity index (χ4v) is 4.63. The molecular weight excluding hydrogens is 260 g/mol. The minimum Gasteiger partial charge on any atom is -0.314 e. The number of aryl methyl sites for hydroxylation is 1. The van der Waals surface area contributed by atoms with Gasteiger partial charge in [-0.15, -0.1) is 0 Å². The van der Waals surface area contributed by atoms with Gasteiger partial charge in [0, 0.05) is 24.4 Å². The molecule has 0 radical (unpaired) electrons. The van der Waals surface area contributed by atoms with Gasteiger partial charge < -0.3 is 5.32 Å². The predicted octanol–water partition coefficient (Wildman–Crippen LogP) is 1.35. The van der Waals surface area contributed by atoms with Crippen LogP contribution in [0.1, 0.15) is 24.6 Å². The van der Waals surface area contributed by atoms with Gasteiger partial charge in [-0.2, -0.15) is 0 Å². The van der Waals surface area contributed by atoms with E-state index in [2.05, 4.69) is 30.2 Å². The molecular formula is C14H22N2O2S. The fourth-order valence-electron chi connectivity index (χ4n) is 2.75. The molecule has 2 unspecified atom stereocenters. The van der Waals surface area contributed by atoms with Crippen LogP contribution >= 0.6 is 0 Å². The Morgan fingerprint density at radius 3 is 2.89 bits per heavy atom. The normalized spacial score (nSPS) is 23.4. The van der Waals surface area contributed by atoms with Crippen molar-refractivity contribution in [2.24, 2.45) is 5.92 Å². The number of rotatable bonds is 5. The Labute approximate surface area is 115 Å². The molecule has 0 spiro atoms. The summed E-state index contributed by atoms with van der Waals surface area (Å²) >= 11 is 0. The molecule has 1 fully saturated rings. The van der Waals surface area contributed by atoms with Gasteiger partial charge in [0.25, 0.3) is 0 Å². The van der Waals surface area contributed by atoms with Crippen molar-refractivity contribution >= 4 is 9.84 Å². The molecule has 0 saturated carbocycles. The van der Waals surface area contributed by atoms with E-state index in [4.69, 9.17) is 0 Å². The maximum atomic E-state index is 11.6. The number of likely N-dealkylation sites (N-methyl/N-ethyl adjacent to an activating group) is 1. The molecule has 1 saturated heterocycles. The molecule has 1 aromatic rings. The van der Waals surface area contributed by atoms with Crippen LogP contribution in [-0.4, -0.2) is 37.5 Å². The van der Waals surface area contributed by atoms with Crippen LogP contribution < -0.4 is 5.32 Å². The topological polar surface area (TPSA) is 59.1 Å². The van der Waals surface area contributed by atoms with Crippen molar-refractivity contribution in [1.29, 1.82) is 0 Å². The molecule has 0 aliphatic carbocycles. The molecule has 1 aromatic heterocycles. The smallest absolute Gasteiger partial charge is 0.150 e. The molecule has 0 aromatic carbocycles. The van der Waals surface area contributed by atoms with Crippen molar-refractivity contribution in [1.82, 2.24) is 10.3 Å². The van der Waals surface area contributed by atoms with Gasteiger partial charge >= 0.3 is 0 Å². The summed E-state index contributed by atoms with van der Waals surface area (Å²) in [4.78, 5) is 4.42. The monoisotopic (exact) mass is 282 g/mol. The average molecular weight is 282 g/mol. The van der Waals surface area contributed by atoms with E-state index in [1.165, 1.54) is 5.56 Å². The van der Waals surface area contributed by atoms with Gasteiger partial charge in [-0.25, -0.2) is 8.42 Å². The number of hydrogen-bond donors (Lipinski definition) is 1. The molecule has 2 atom stereocenters. The summed E-state index contributed by atoms with van der Waals surface area (Å²) in [6.07, 6.45) is 3.38. The van der Waals surface area contributed by atoms with Crippen LogP contribution in [0, 0.1) is 12.8 Å². The molecule has 0 amide bonds. The lowest BCUT2D eigenvalue weighted by molar-refractivity contribution is 0.383. The second-order valence-electron chi connectivity index (χ2n) is 5.30. The van der Waals surface area contributed by atoms with Gasteiger partial charge in [0.05, 0.1) is 11.5 Å². The van der Waals surface area contributed by atoms with E-state index in [1.54, 1.807) is 6.20 Å². The quantitative estimate of drug-likeness (QED) is 0.885. The highest BCUT2D eigenvalue weighted by Gasteiger charge is 2.33. The second kappa shape index (κ2) is 6.01. The Kier molecular flexibility index (Phi) is 4.58. The summed E-state index contributed by atoms with van der Waals surface area (Å²) in [7, 11) is -2.82. The van der Waals surface area contributed by atoms with Crippen LogP contribution in [0.15, 0.2) is 18.3 Å². The highest BCUT2D eigenvalue weighted by Crippen LogP contribution is 2.24. The zero-order chi connectivity index (χ0) is 13.9. The Hall–Kier alpha value is -0.940. The summed E-state index contributed by atoms with van der Waals surface area (Å²) in [6.45, 7) is 4.96. The van der Waals surface area contributed by atoms with E-state index in [-0.39, 0.29) is 12.0 Å². The Morgan fingerprint density at radius 1 is 1.53 bits per heavy atom. The molecule has 106 valence electrons. The molecule has 2 heterocycles. The van der Waals surface area contributed by atoms with Crippen molar-refractivity contribution < 1.29 is 8.42 Å².